The summed E-state index contributed by atoms with van der Waals surface area (Å²) in [6.07, 6.45) is 1.72. The molecule has 0 radical (unpaired) electrons. The van der Waals surface area contributed by atoms with E-state index in [0.717, 1.165) is 32.6 Å². The summed E-state index contributed by atoms with van der Waals surface area (Å²) in [4.78, 5) is 4.26. The van der Waals surface area contributed by atoms with Crippen LogP contribution in [0.3, 0.4) is 0 Å². The van der Waals surface area contributed by atoms with E-state index in [1.54, 1.807) is 13.3 Å². The average Bonchev–Trinajstić information content (AvgIpc) is 2.46. The molecule has 0 atom stereocenters. The summed E-state index contributed by atoms with van der Waals surface area (Å²) in [5.41, 5.74) is 1.97. The van der Waals surface area contributed by atoms with Crippen LogP contribution < -0.4 is 9.47 Å². The zero-order valence-electron chi connectivity index (χ0n) is 10.4. The maximum atomic E-state index is 5.71. The van der Waals surface area contributed by atoms with Gasteiger partial charge in [-0.3, -0.25) is 4.98 Å². The lowest BCUT2D eigenvalue weighted by Crippen LogP contribution is -1.99. The molecule has 0 N–H and O–H groups in total. The Morgan fingerprint density at radius 1 is 1.21 bits per heavy atom. The molecule has 0 spiro atoms. The molecule has 0 saturated heterocycles. The first-order valence-corrected chi connectivity index (χ1v) is 7.60. The smallest absolute Gasteiger partial charge is 0.138 e. The third-order valence-electron chi connectivity index (χ3n) is 2.57. The predicted molar refractivity (Wildman–Crippen MR) is 81.9 cm³/mol. The number of nitrogens with zero attached hydrogens (tertiary/aromatic N) is 1. The number of hydrogen-bond donors (Lipinski definition) is 0. The van der Waals surface area contributed by atoms with Crippen molar-refractivity contribution in [2.45, 2.75) is 11.9 Å². The molecule has 0 unspecified atom stereocenters. The SMILES string of the molecule is COc1ccc(Br)cc1COc1ccc(CBr)nc1. The fraction of sp³-hybridized carbons (Fsp3) is 0.214. The number of methoxy groups -OCH3 is 1. The number of hydrogen-bond acceptors (Lipinski definition) is 3. The Bertz CT molecular complexity index is 544. The monoisotopic (exact) mass is 385 g/mol. The van der Waals surface area contributed by atoms with Gasteiger partial charge in [0, 0.05) is 15.4 Å². The Balaban J connectivity index is 2.07. The molecule has 1 heterocycles. The largest absolute Gasteiger partial charge is 0.496 e. The highest BCUT2D eigenvalue weighted by molar-refractivity contribution is 9.10. The number of aromatic nitrogens is 1. The van der Waals surface area contributed by atoms with Crippen molar-refractivity contribution in [1.82, 2.24) is 4.98 Å². The van der Waals surface area contributed by atoms with E-state index in [2.05, 4.69) is 36.8 Å². The van der Waals surface area contributed by atoms with E-state index in [-0.39, 0.29) is 0 Å². The van der Waals surface area contributed by atoms with Crippen LogP contribution >= 0.6 is 31.9 Å². The summed E-state index contributed by atoms with van der Waals surface area (Å²) in [5.74, 6) is 1.56. The molecule has 2 aromatic rings. The van der Waals surface area contributed by atoms with Gasteiger partial charge in [0.05, 0.1) is 19.0 Å². The zero-order chi connectivity index (χ0) is 13.7. The second-order valence-corrected chi connectivity index (χ2v) is 5.34. The summed E-state index contributed by atoms with van der Waals surface area (Å²) < 4.78 is 12.0. The normalized spacial score (nSPS) is 10.3. The summed E-state index contributed by atoms with van der Waals surface area (Å²) >= 11 is 6.80. The van der Waals surface area contributed by atoms with Gasteiger partial charge in [0.2, 0.25) is 0 Å². The van der Waals surface area contributed by atoms with Crippen molar-refractivity contribution >= 4 is 31.9 Å². The number of benzene rings is 1. The van der Waals surface area contributed by atoms with Gasteiger partial charge in [0.1, 0.15) is 18.1 Å². The molecule has 19 heavy (non-hydrogen) atoms. The van der Waals surface area contributed by atoms with Gasteiger partial charge < -0.3 is 9.47 Å². The van der Waals surface area contributed by atoms with Gasteiger partial charge in [-0.05, 0) is 30.3 Å². The Morgan fingerprint density at radius 3 is 2.68 bits per heavy atom. The van der Waals surface area contributed by atoms with Gasteiger partial charge in [-0.2, -0.15) is 0 Å². The Kier molecular flexibility index (Phi) is 5.22. The van der Waals surface area contributed by atoms with Gasteiger partial charge >= 0.3 is 0 Å². The van der Waals surface area contributed by atoms with Crippen molar-refractivity contribution in [3.63, 3.8) is 0 Å². The van der Waals surface area contributed by atoms with E-state index in [9.17, 15) is 0 Å². The van der Waals surface area contributed by atoms with Crippen molar-refractivity contribution in [2.75, 3.05) is 7.11 Å². The third-order valence-corrected chi connectivity index (χ3v) is 3.64. The van der Waals surface area contributed by atoms with Gasteiger partial charge in [-0.25, -0.2) is 0 Å². The first-order chi connectivity index (χ1) is 9.22. The third kappa shape index (κ3) is 3.94. The van der Waals surface area contributed by atoms with Gasteiger partial charge in [-0.1, -0.05) is 31.9 Å². The highest BCUT2D eigenvalue weighted by atomic mass is 79.9. The Labute approximate surface area is 129 Å². The Morgan fingerprint density at radius 2 is 2.05 bits per heavy atom. The van der Waals surface area contributed by atoms with E-state index < -0.39 is 0 Å². The number of ether oxygens (including phenoxy) is 2. The molecule has 3 nitrogen and oxygen atoms in total. The first kappa shape index (κ1) is 14.3. The minimum Gasteiger partial charge on any atom is -0.496 e. The Hall–Kier alpha value is -1.07. The molecule has 5 heteroatoms. The highest BCUT2D eigenvalue weighted by Crippen LogP contribution is 2.24. The first-order valence-electron chi connectivity index (χ1n) is 5.69. The minimum atomic E-state index is 0.442. The zero-order valence-corrected chi connectivity index (χ0v) is 13.6. The van der Waals surface area contributed by atoms with Crippen LogP contribution in [0.4, 0.5) is 0 Å². The second kappa shape index (κ2) is 6.91. The highest BCUT2D eigenvalue weighted by Gasteiger charge is 2.05. The second-order valence-electron chi connectivity index (χ2n) is 3.86. The van der Waals surface area contributed by atoms with Crippen molar-refractivity contribution < 1.29 is 9.47 Å². The number of rotatable bonds is 5. The van der Waals surface area contributed by atoms with Crippen LogP contribution in [0.1, 0.15) is 11.3 Å². The lowest BCUT2D eigenvalue weighted by atomic mass is 10.2. The van der Waals surface area contributed by atoms with E-state index in [0.29, 0.717) is 6.61 Å². The molecule has 0 bridgehead atoms. The van der Waals surface area contributed by atoms with E-state index >= 15 is 0 Å². The minimum absolute atomic E-state index is 0.442. The molecule has 0 amide bonds. The quantitative estimate of drug-likeness (QED) is 0.716. The molecule has 2 rings (SSSR count). The molecule has 100 valence electrons. The maximum absolute atomic E-state index is 5.71. The lowest BCUT2D eigenvalue weighted by molar-refractivity contribution is 0.295. The average molecular weight is 387 g/mol. The van der Waals surface area contributed by atoms with Crippen molar-refractivity contribution in [3.05, 3.63) is 52.3 Å². The maximum Gasteiger partial charge on any atom is 0.138 e. The van der Waals surface area contributed by atoms with Crippen LogP contribution in [-0.4, -0.2) is 12.1 Å². The fourth-order valence-corrected chi connectivity index (χ4v) is 2.34. The molecule has 1 aromatic heterocycles. The van der Waals surface area contributed by atoms with Crippen molar-refractivity contribution in [1.29, 1.82) is 0 Å². The molecule has 0 aliphatic rings. The number of pyridine rings is 1. The predicted octanol–water partition coefficient (Wildman–Crippen LogP) is 4.33. The summed E-state index contributed by atoms with van der Waals surface area (Å²) in [5, 5.41) is 0.743. The molecule has 0 fully saturated rings. The van der Waals surface area contributed by atoms with Crippen molar-refractivity contribution in [3.8, 4) is 11.5 Å². The standard InChI is InChI=1S/C14H13Br2NO2/c1-18-14-5-2-11(16)6-10(14)9-19-13-4-3-12(7-15)17-8-13/h2-6,8H,7,9H2,1H3. The van der Waals surface area contributed by atoms with E-state index in [1.165, 1.54) is 0 Å². The molecule has 0 aliphatic carbocycles. The topological polar surface area (TPSA) is 31.4 Å². The lowest BCUT2D eigenvalue weighted by Gasteiger charge is -2.10. The van der Waals surface area contributed by atoms with Crippen LogP contribution in [0.2, 0.25) is 0 Å². The van der Waals surface area contributed by atoms with Crippen LogP contribution in [0.25, 0.3) is 0 Å². The van der Waals surface area contributed by atoms with Gasteiger partial charge in [0.25, 0.3) is 0 Å². The molecular formula is C14H13Br2NO2. The molecule has 0 aliphatic heterocycles. The molecular weight excluding hydrogens is 374 g/mol. The summed E-state index contributed by atoms with van der Waals surface area (Å²) in [6.45, 7) is 0.442. The van der Waals surface area contributed by atoms with Crippen molar-refractivity contribution in [2.24, 2.45) is 0 Å². The fourth-order valence-electron chi connectivity index (χ4n) is 1.60. The summed E-state index contributed by atoms with van der Waals surface area (Å²) in [7, 11) is 1.65. The van der Waals surface area contributed by atoms with Crippen LogP contribution in [0, 0.1) is 0 Å². The van der Waals surface area contributed by atoms with E-state index in [4.69, 9.17) is 9.47 Å². The summed E-state index contributed by atoms with van der Waals surface area (Å²) in [6, 6.07) is 9.68. The van der Waals surface area contributed by atoms with Gasteiger partial charge in [0.15, 0.2) is 0 Å². The van der Waals surface area contributed by atoms with Crippen LogP contribution in [-0.2, 0) is 11.9 Å². The van der Waals surface area contributed by atoms with Crippen LogP contribution in [0.5, 0.6) is 11.5 Å². The molecule has 1 aromatic carbocycles. The van der Waals surface area contributed by atoms with Gasteiger partial charge in [-0.15, -0.1) is 0 Å². The number of alkyl halides is 1. The van der Waals surface area contributed by atoms with E-state index in [1.807, 2.05) is 30.3 Å². The molecule has 0 saturated carbocycles. The van der Waals surface area contributed by atoms with Crippen LogP contribution in [0.15, 0.2) is 41.0 Å². The number of halogens is 2.